The predicted octanol–water partition coefficient (Wildman–Crippen LogP) is 1.21. The Morgan fingerprint density at radius 1 is 1.21 bits per heavy atom. The number of carbonyl (C=O) groups is 2. The van der Waals surface area contributed by atoms with E-state index in [-0.39, 0.29) is 0 Å². The van der Waals surface area contributed by atoms with Gasteiger partial charge < -0.3 is 0 Å². The third kappa shape index (κ3) is 1.46. The molecule has 76 valence electrons. The highest BCUT2D eigenvalue weighted by Crippen LogP contribution is 2.62. The molecule has 2 aliphatic rings. The number of allylic oxidation sites excluding steroid dienone is 2. The number of amides is 4. The summed E-state index contributed by atoms with van der Waals surface area (Å²) in [5, 5.41) is 3.64. The Bertz CT molecular complexity index is 344. The van der Waals surface area contributed by atoms with Gasteiger partial charge in [-0.05, 0) is 34.3 Å². The fourth-order valence-electron chi connectivity index (χ4n) is 1.01. The van der Waals surface area contributed by atoms with Crippen LogP contribution in [0.25, 0.3) is 0 Å². The van der Waals surface area contributed by atoms with Crippen molar-refractivity contribution < 1.29 is 9.59 Å². The van der Waals surface area contributed by atoms with Crippen LogP contribution in [0.5, 0.6) is 0 Å². The molecule has 0 aromatic carbocycles. The van der Waals surface area contributed by atoms with Gasteiger partial charge in [0.25, 0.3) is 0 Å². The average Bonchev–Trinajstić information content (AvgIpc) is 2.58. The molecule has 2 rings (SSSR count). The number of carbonyl (C=O) groups excluding carboxylic acids is 2. The van der Waals surface area contributed by atoms with Crippen molar-refractivity contribution in [2.45, 2.75) is 0 Å². The molecule has 3 N–H and O–H groups in total. The number of rotatable bonds is 1. The number of urea groups is 2. The van der Waals surface area contributed by atoms with E-state index in [0.29, 0.717) is 0 Å². The van der Waals surface area contributed by atoms with E-state index in [1.54, 1.807) is 0 Å². The summed E-state index contributed by atoms with van der Waals surface area (Å²) in [5.74, 6) is 0. The monoisotopic (exact) mass is 278 g/mol. The largest absolute Gasteiger partial charge is 0.365 e. The van der Waals surface area contributed by atoms with Gasteiger partial charge in [-0.15, -0.1) is 0 Å². The molecular formula is C6H7BrN4O2S. The number of nitrogens with one attached hydrogen (secondary N) is 3. The second-order valence-corrected chi connectivity index (χ2v) is 7.75. The Hall–Kier alpha value is -1.15. The van der Waals surface area contributed by atoms with Crippen LogP contribution in [-0.2, 0) is 0 Å². The molecule has 2 heterocycles. The van der Waals surface area contributed by atoms with E-state index < -0.39 is 20.7 Å². The summed E-state index contributed by atoms with van der Waals surface area (Å²) >= 11 is 3.41. The van der Waals surface area contributed by atoms with Crippen LogP contribution >= 0.6 is 23.5 Å². The second kappa shape index (κ2) is 3.21. The number of hydrazine groups is 2. The number of nitrogens with zero attached hydrogens (tertiary/aromatic N) is 1. The molecule has 0 atom stereocenters. The molecule has 8 heteroatoms. The zero-order chi connectivity index (χ0) is 10.2. The molecule has 1 fully saturated rings. The lowest BCUT2D eigenvalue weighted by Crippen LogP contribution is -2.63. The molecule has 6 nitrogen and oxygen atoms in total. The quantitative estimate of drug-likeness (QED) is 0.675. The van der Waals surface area contributed by atoms with Crippen LogP contribution in [0.3, 0.4) is 0 Å². The van der Waals surface area contributed by atoms with E-state index in [4.69, 9.17) is 0 Å². The molecular weight excluding hydrogens is 272 g/mol. The smallest absolute Gasteiger partial charge is 0.246 e. The van der Waals surface area contributed by atoms with E-state index in [9.17, 15) is 9.59 Å². The summed E-state index contributed by atoms with van der Waals surface area (Å²) < 4.78 is 1.23. The molecule has 14 heavy (non-hydrogen) atoms. The van der Waals surface area contributed by atoms with Gasteiger partial charge in [0, 0.05) is 0 Å². The van der Waals surface area contributed by atoms with Gasteiger partial charge in [-0.25, -0.2) is 25.9 Å². The molecule has 0 aromatic heterocycles. The lowest BCUT2D eigenvalue weighted by molar-refractivity contribution is 0.183. The van der Waals surface area contributed by atoms with Gasteiger partial charge in [0.05, 0.1) is 0 Å². The lowest BCUT2D eigenvalue weighted by Gasteiger charge is -2.39. The van der Waals surface area contributed by atoms with Crippen molar-refractivity contribution >= 4 is 35.5 Å². The van der Waals surface area contributed by atoms with Crippen LogP contribution in [0.1, 0.15) is 0 Å². The summed E-state index contributed by atoms with van der Waals surface area (Å²) in [6.45, 7) is 0. The van der Waals surface area contributed by atoms with Gasteiger partial charge in [-0.2, -0.15) is 4.41 Å². The van der Waals surface area contributed by atoms with Crippen LogP contribution in [-0.4, -0.2) is 16.5 Å². The second-order valence-electron chi connectivity index (χ2n) is 2.54. The summed E-state index contributed by atoms with van der Waals surface area (Å²) in [6, 6.07) is -0.878. The summed E-state index contributed by atoms with van der Waals surface area (Å²) in [4.78, 5) is 22.4. The molecule has 0 spiro atoms. The van der Waals surface area contributed by atoms with Gasteiger partial charge >= 0.3 is 12.1 Å². The third-order valence-corrected chi connectivity index (χ3v) is 5.66. The van der Waals surface area contributed by atoms with Crippen molar-refractivity contribution in [3.05, 3.63) is 23.0 Å². The lowest BCUT2D eigenvalue weighted by atomic mass is 10.6. The summed E-state index contributed by atoms with van der Waals surface area (Å²) in [7, 11) is -1.69. The van der Waals surface area contributed by atoms with Gasteiger partial charge in [0.15, 0.2) is 0 Å². The Morgan fingerprint density at radius 2 is 1.86 bits per heavy atom. The maximum atomic E-state index is 11.4. The Morgan fingerprint density at radius 3 is 2.50 bits per heavy atom. The maximum Gasteiger partial charge on any atom is 0.365 e. The fourth-order valence-corrected chi connectivity index (χ4v) is 3.85. The van der Waals surface area contributed by atoms with Gasteiger partial charge in [0.1, 0.15) is 0 Å². The van der Waals surface area contributed by atoms with Gasteiger partial charge in [-0.3, -0.25) is 0 Å². The van der Waals surface area contributed by atoms with Crippen molar-refractivity contribution in [1.82, 2.24) is 20.7 Å². The number of hydrogen-bond donors (Lipinski definition) is 3. The molecule has 0 saturated carbocycles. The molecule has 0 radical (unpaired) electrons. The Kier molecular flexibility index (Phi) is 2.16. The summed E-state index contributed by atoms with van der Waals surface area (Å²) in [5.41, 5.74) is 6.79. The average molecular weight is 279 g/mol. The van der Waals surface area contributed by atoms with Crippen molar-refractivity contribution in [2.24, 2.45) is 0 Å². The zero-order valence-electron chi connectivity index (χ0n) is 6.86. The van der Waals surface area contributed by atoms with Gasteiger partial charge in [-0.1, -0.05) is 12.2 Å². The fraction of sp³-hybridized carbons (Fsp3) is 0. The molecule has 4 amide bonds. The third-order valence-electron chi connectivity index (χ3n) is 1.60. The van der Waals surface area contributed by atoms with E-state index in [0.717, 1.165) is 0 Å². The van der Waals surface area contributed by atoms with E-state index in [1.165, 1.54) is 4.41 Å². The normalized spacial score (nSPS) is 25.4. The molecule has 0 aliphatic carbocycles. The highest BCUT2D eigenvalue weighted by molar-refractivity contribution is 9.58. The molecule has 0 unspecified atom stereocenters. The molecule has 0 bridgehead atoms. The first-order valence-corrected chi connectivity index (χ1v) is 7.22. The maximum absolute atomic E-state index is 11.4. The number of halogens is 1. The highest BCUT2D eigenvalue weighted by Gasteiger charge is 2.34. The van der Waals surface area contributed by atoms with Crippen LogP contribution in [0.2, 0.25) is 0 Å². The topological polar surface area (TPSA) is 73.5 Å². The van der Waals surface area contributed by atoms with E-state index in [1.807, 2.05) is 23.0 Å². The minimum absolute atomic E-state index is 0.410. The predicted molar refractivity (Wildman–Crippen MR) is 56.8 cm³/mol. The van der Waals surface area contributed by atoms with Crippen LogP contribution < -0.4 is 16.3 Å². The van der Waals surface area contributed by atoms with Crippen molar-refractivity contribution in [3.63, 3.8) is 0 Å². The SMILES string of the molecule is O=C1NNC(=O)N(S2(Br)C=CC=C2)N1. The molecule has 2 aliphatic heterocycles. The van der Waals surface area contributed by atoms with Crippen LogP contribution in [0, 0.1) is 0 Å². The highest BCUT2D eigenvalue weighted by atomic mass is 79.9. The van der Waals surface area contributed by atoms with Crippen molar-refractivity contribution in [3.8, 4) is 0 Å². The van der Waals surface area contributed by atoms with Gasteiger partial charge in [0.2, 0.25) is 0 Å². The Labute approximate surface area is 89.0 Å². The first kappa shape index (κ1) is 9.41. The standard InChI is InChI=1S/C6H7BrN4O2S/c7-14(3-1-2-4-14)11-6(13)9-8-5(12)10-11/h1-4H,(H,9,13)(H2,8,10,12). The van der Waals surface area contributed by atoms with Crippen LogP contribution in [0.15, 0.2) is 23.0 Å². The first-order valence-electron chi connectivity index (χ1n) is 3.66. The van der Waals surface area contributed by atoms with Crippen LogP contribution in [0.4, 0.5) is 9.59 Å². The molecule has 0 aromatic rings. The zero-order valence-corrected chi connectivity index (χ0v) is 9.26. The number of hydrogen-bond acceptors (Lipinski definition) is 2. The van der Waals surface area contributed by atoms with Crippen molar-refractivity contribution in [1.29, 1.82) is 0 Å². The first-order chi connectivity index (χ1) is 6.62. The minimum atomic E-state index is -1.69. The van der Waals surface area contributed by atoms with E-state index >= 15 is 0 Å². The van der Waals surface area contributed by atoms with E-state index in [2.05, 4.69) is 31.1 Å². The minimum Gasteiger partial charge on any atom is -0.246 e. The summed E-state index contributed by atoms with van der Waals surface area (Å²) in [6.07, 6.45) is 3.62. The molecule has 1 saturated heterocycles. The van der Waals surface area contributed by atoms with Crippen molar-refractivity contribution in [2.75, 3.05) is 0 Å². The Balaban J connectivity index is 2.23.